The molecule has 2 aliphatic heterocycles. The van der Waals surface area contributed by atoms with E-state index in [-0.39, 0.29) is 17.7 Å². The van der Waals surface area contributed by atoms with E-state index in [4.69, 9.17) is 13.3 Å². The van der Waals surface area contributed by atoms with Gasteiger partial charge in [0, 0.05) is 82.8 Å². The van der Waals surface area contributed by atoms with Gasteiger partial charge in [-0.15, -0.1) is 0 Å². The van der Waals surface area contributed by atoms with E-state index in [0.717, 1.165) is 82.9 Å². The molecule has 4 aromatic heterocycles. The lowest BCUT2D eigenvalue weighted by atomic mass is 9.44. The van der Waals surface area contributed by atoms with Crippen LogP contribution < -0.4 is 15.8 Å². The van der Waals surface area contributed by atoms with E-state index in [1.807, 2.05) is 6.07 Å². The molecule has 0 radical (unpaired) electrons. The number of hydrogen-bond acceptors (Lipinski definition) is 4. The highest BCUT2D eigenvalue weighted by Gasteiger charge is 2.45. The Balaban J connectivity index is 1.21. The largest absolute Gasteiger partial charge is 0.456 e. The van der Waals surface area contributed by atoms with Gasteiger partial charge in [-0.3, -0.25) is 0 Å². The molecule has 0 bridgehead atoms. The molecule has 0 aliphatic carbocycles. The number of fused-ring (bicyclic) bond motifs is 17. The minimum atomic E-state index is -0.172. The molecule has 6 heteroatoms. The van der Waals surface area contributed by atoms with Gasteiger partial charge in [-0.1, -0.05) is 102 Å². The fourth-order valence-electron chi connectivity index (χ4n) is 11.0. The highest BCUT2D eigenvalue weighted by molar-refractivity contribution is 6.90. The molecule has 0 amide bonds. The van der Waals surface area contributed by atoms with Crippen LogP contribution in [0.5, 0.6) is 0 Å². The van der Waals surface area contributed by atoms with E-state index in [9.17, 15) is 0 Å². The van der Waals surface area contributed by atoms with Gasteiger partial charge in [0.15, 0.2) is 0 Å². The molecule has 0 saturated carbocycles. The number of furan rings is 3. The molecule has 8 aromatic carbocycles. The standard InChI is InChI=1S/C56H41BN2O3/c1-55(2,3)30-19-21-42-36(23-30)39-24-31(56(4,5)6)25-40-52-51-35-15-9-12-18-47(35)62-50(51)29-44-53(52)57(59(42)54(39)40)41-28-49-38(34-14-8-11-17-46(34)61-49)27-43(41)58(44)32-20-22-48-37(26-32)33-13-7-10-16-45(33)60-48/h7-29H,1-6H3. The number of rotatable bonds is 1. The van der Waals surface area contributed by atoms with Gasteiger partial charge in [0.25, 0.3) is 0 Å². The number of para-hydroxylation sites is 3. The first kappa shape index (κ1) is 34.5. The predicted molar refractivity (Wildman–Crippen MR) is 259 cm³/mol. The van der Waals surface area contributed by atoms with Gasteiger partial charge >= 0.3 is 6.85 Å². The van der Waals surface area contributed by atoms with E-state index in [2.05, 4.69) is 184 Å². The third-order valence-corrected chi connectivity index (χ3v) is 14.0. The average molecular weight is 801 g/mol. The van der Waals surface area contributed by atoms with Gasteiger partial charge in [-0.2, -0.15) is 0 Å². The maximum Gasteiger partial charge on any atom is 0.333 e. The van der Waals surface area contributed by atoms with Crippen molar-refractivity contribution in [1.29, 1.82) is 0 Å². The highest BCUT2D eigenvalue weighted by atomic mass is 16.3. The topological polar surface area (TPSA) is 47.6 Å². The van der Waals surface area contributed by atoms with Crippen molar-refractivity contribution in [2.45, 2.75) is 52.4 Å². The zero-order valence-electron chi connectivity index (χ0n) is 35.5. The first-order valence-corrected chi connectivity index (χ1v) is 21.8. The van der Waals surface area contributed by atoms with Crippen LogP contribution in [0.25, 0.3) is 98.7 Å². The maximum atomic E-state index is 6.95. The minimum Gasteiger partial charge on any atom is -0.456 e. The first-order chi connectivity index (χ1) is 30.0. The van der Waals surface area contributed by atoms with Crippen LogP contribution in [0.3, 0.4) is 0 Å². The third-order valence-electron chi connectivity index (χ3n) is 14.0. The molecule has 0 atom stereocenters. The van der Waals surface area contributed by atoms with Crippen molar-refractivity contribution in [3.05, 3.63) is 151 Å². The molecule has 0 fully saturated rings. The summed E-state index contributed by atoms with van der Waals surface area (Å²) in [6, 6.07) is 51.2. The van der Waals surface area contributed by atoms with Crippen molar-refractivity contribution in [3.63, 3.8) is 0 Å². The summed E-state index contributed by atoms with van der Waals surface area (Å²) in [5.74, 6) is 0. The minimum absolute atomic E-state index is 0.0164. The van der Waals surface area contributed by atoms with Crippen molar-refractivity contribution in [2.24, 2.45) is 0 Å². The van der Waals surface area contributed by atoms with E-state index in [0.29, 0.717) is 0 Å². The second kappa shape index (κ2) is 11.4. The van der Waals surface area contributed by atoms with Gasteiger partial charge in [0.2, 0.25) is 0 Å². The molecular weight excluding hydrogens is 759 g/mol. The predicted octanol–water partition coefficient (Wildman–Crippen LogP) is 14.5. The zero-order valence-corrected chi connectivity index (χ0v) is 35.5. The Hall–Kier alpha value is -7.18. The van der Waals surface area contributed by atoms with Crippen molar-refractivity contribution >= 4 is 122 Å². The monoisotopic (exact) mass is 800 g/mol. The van der Waals surface area contributed by atoms with E-state index >= 15 is 0 Å². The summed E-state index contributed by atoms with van der Waals surface area (Å²) >= 11 is 0. The fraction of sp³-hybridized carbons (Fsp3) is 0.143. The highest BCUT2D eigenvalue weighted by Crippen LogP contribution is 2.52. The summed E-state index contributed by atoms with van der Waals surface area (Å²) in [7, 11) is 0. The Morgan fingerprint density at radius 3 is 1.79 bits per heavy atom. The molecule has 296 valence electrons. The quantitative estimate of drug-likeness (QED) is 0.155. The number of hydrogen-bond donors (Lipinski definition) is 0. The first-order valence-electron chi connectivity index (χ1n) is 21.8. The zero-order chi connectivity index (χ0) is 41.6. The average Bonchev–Trinajstić information content (AvgIpc) is 4.02. The molecular formula is C56H41BN2O3. The molecule has 0 saturated heterocycles. The van der Waals surface area contributed by atoms with Crippen LogP contribution in [0.2, 0.25) is 0 Å². The SMILES string of the molecule is CC(C)(C)c1ccc2c(c1)c1cc(C(C)(C)C)cc3c1n2B1c2cc4oc5ccccc5c4cc2N(c2ccc4oc5ccccc5c4c2)c2cc4oc5ccccc5c4c-3c21. The number of aromatic nitrogens is 1. The normalized spacial score (nSPS) is 13.9. The smallest absolute Gasteiger partial charge is 0.333 e. The number of anilines is 3. The van der Waals surface area contributed by atoms with Crippen LogP contribution in [-0.4, -0.2) is 11.3 Å². The summed E-state index contributed by atoms with van der Waals surface area (Å²) < 4.78 is 22.8. The van der Waals surface area contributed by atoms with Gasteiger partial charge in [-0.25, -0.2) is 0 Å². The van der Waals surface area contributed by atoms with Crippen LogP contribution in [-0.2, 0) is 10.8 Å². The summed E-state index contributed by atoms with van der Waals surface area (Å²) in [5, 5.41) is 9.25. The Bertz CT molecular complexity index is 3970. The molecule has 12 aromatic rings. The molecule has 62 heavy (non-hydrogen) atoms. The van der Waals surface area contributed by atoms with Crippen LogP contribution in [0.4, 0.5) is 17.1 Å². The van der Waals surface area contributed by atoms with Crippen molar-refractivity contribution in [3.8, 4) is 11.1 Å². The second-order valence-electron chi connectivity index (χ2n) is 19.7. The summed E-state index contributed by atoms with van der Waals surface area (Å²) in [5.41, 5.74) is 18.5. The summed E-state index contributed by atoms with van der Waals surface area (Å²) in [4.78, 5) is 2.49. The second-order valence-corrected chi connectivity index (χ2v) is 19.7. The Kier molecular flexibility index (Phi) is 6.34. The van der Waals surface area contributed by atoms with Gasteiger partial charge in [-0.05, 0) is 111 Å². The lowest BCUT2D eigenvalue weighted by molar-refractivity contribution is 0.590. The van der Waals surface area contributed by atoms with E-state index in [1.165, 1.54) is 55.0 Å². The lowest BCUT2D eigenvalue weighted by Crippen LogP contribution is -2.56. The molecule has 5 nitrogen and oxygen atoms in total. The molecule has 14 rings (SSSR count). The van der Waals surface area contributed by atoms with Crippen LogP contribution in [0, 0.1) is 0 Å². The Labute approximate surface area is 357 Å². The van der Waals surface area contributed by atoms with E-state index < -0.39 is 0 Å². The summed E-state index contributed by atoms with van der Waals surface area (Å²) in [6.07, 6.45) is 0. The lowest BCUT2D eigenvalue weighted by Gasteiger charge is -2.40. The van der Waals surface area contributed by atoms with Crippen LogP contribution in [0.1, 0.15) is 52.7 Å². The molecule has 6 heterocycles. The van der Waals surface area contributed by atoms with E-state index in [1.54, 1.807) is 0 Å². The number of nitrogens with zero attached hydrogens (tertiary/aromatic N) is 2. The van der Waals surface area contributed by atoms with Gasteiger partial charge < -0.3 is 22.6 Å². The molecule has 0 unspecified atom stereocenters. The third kappa shape index (κ3) is 4.39. The Morgan fingerprint density at radius 1 is 0.452 bits per heavy atom. The maximum absolute atomic E-state index is 6.95. The van der Waals surface area contributed by atoms with Crippen LogP contribution >= 0.6 is 0 Å². The van der Waals surface area contributed by atoms with Crippen molar-refractivity contribution < 1.29 is 13.3 Å². The number of benzene rings is 8. The van der Waals surface area contributed by atoms with Gasteiger partial charge in [0.05, 0.1) is 0 Å². The summed E-state index contributed by atoms with van der Waals surface area (Å²) in [6.45, 7) is 13.8. The van der Waals surface area contributed by atoms with Crippen molar-refractivity contribution in [2.75, 3.05) is 4.90 Å². The van der Waals surface area contributed by atoms with Gasteiger partial charge in [0.1, 0.15) is 33.5 Å². The molecule has 0 spiro atoms. The fourth-order valence-corrected chi connectivity index (χ4v) is 11.0. The molecule has 2 aliphatic rings. The Morgan fingerprint density at radius 2 is 1.06 bits per heavy atom. The molecule has 0 N–H and O–H groups in total. The van der Waals surface area contributed by atoms with Crippen LogP contribution in [0.15, 0.2) is 153 Å². The van der Waals surface area contributed by atoms with Crippen molar-refractivity contribution in [1.82, 2.24) is 4.48 Å².